The van der Waals surface area contributed by atoms with Crippen molar-refractivity contribution in [2.24, 2.45) is 0 Å². The molecule has 5 aromatic heterocycles. The molecule has 0 saturated heterocycles. The lowest BCUT2D eigenvalue weighted by Gasteiger charge is -2.09. The maximum absolute atomic E-state index is 11.5. The van der Waals surface area contributed by atoms with Gasteiger partial charge in [-0.2, -0.15) is 10.5 Å². The zero-order valence-corrected chi connectivity index (χ0v) is 29.6. The molecule has 0 aliphatic rings. The van der Waals surface area contributed by atoms with Gasteiger partial charge >= 0.3 is 11.9 Å². The molecule has 0 spiro atoms. The molecule has 0 saturated carbocycles. The van der Waals surface area contributed by atoms with Crippen LogP contribution in [-0.4, -0.2) is 33.8 Å². The van der Waals surface area contributed by atoms with E-state index in [1.807, 2.05) is 36.4 Å². The van der Waals surface area contributed by atoms with Gasteiger partial charge in [0.25, 0.3) is 0 Å². The second-order valence-electron chi connectivity index (χ2n) is 11.4. The summed E-state index contributed by atoms with van der Waals surface area (Å²) in [5.41, 5.74) is 4.61. The van der Waals surface area contributed by atoms with Gasteiger partial charge in [0.1, 0.15) is 17.9 Å². The average Bonchev–Trinajstić information content (AvgIpc) is 3.91. The number of rotatable bonds is 6. The molecular formula is C39H21N3O5S4. The van der Waals surface area contributed by atoms with Crippen LogP contribution in [0.25, 0.3) is 69.6 Å². The Labute approximate surface area is 304 Å². The first-order valence-corrected chi connectivity index (χ1v) is 18.5. The minimum absolute atomic E-state index is 0.249. The van der Waals surface area contributed by atoms with Crippen LogP contribution >= 0.6 is 45.3 Å². The van der Waals surface area contributed by atoms with Crippen LogP contribution < -0.4 is 22.9 Å². The summed E-state index contributed by atoms with van der Waals surface area (Å²) in [5, 5.41) is 39.5. The third-order valence-corrected chi connectivity index (χ3v) is 12.9. The summed E-state index contributed by atoms with van der Waals surface area (Å²) in [6, 6.07) is 31.9. The zero-order valence-electron chi connectivity index (χ0n) is 26.3. The molecule has 0 amide bonds. The summed E-state index contributed by atoms with van der Waals surface area (Å²) in [5.74, 6) is -1.68. The van der Waals surface area contributed by atoms with E-state index >= 15 is 0 Å². The number of thiophene rings is 4. The van der Waals surface area contributed by atoms with Crippen molar-refractivity contribution in [3.8, 4) is 23.6 Å². The van der Waals surface area contributed by atoms with Crippen molar-refractivity contribution in [3.63, 3.8) is 0 Å². The van der Waals surface area contributed by atoms with Crippen LogP contribution in [0.2, 0.25) is 0 Å². The predicted molar refractivity (Wildman–Crippen MR) is 206 cm³/mol. The first-order chi connectivity index (χ1) is 24.7. The van der Waals surface area contributed by atoms with Gasteiger partial charge in [-0.25, -0.2) is 9.59 Å². The summed E-state index contributed by atoms with van der Waals surface area (Å²) in [7, 11) is 1.65. The molecule has 8 nitrogen and oxygen atoms in total. The predicted octanol–water partition coefficient (Wildman–Crippen LogP) is 6.52. The molecular weight excluding hydrogens is 719 g/mol. The summed E-state index contributed by atoms with van der Waals surface area (Å²) in [6.45, 7) is 0. The summed E-state index contributed by atoms with van der Waals surface area (Å²) < 4.78 is 14.3. The van der Waals surface area contributed by atoms with E-state index in [-0.39, 0.29) is 11.1 Å². The number of hydrogen-bond acceptors (Lipinski definition) is 9. The van der Waals surface area contributed by atoms with Crippen LogP contribution in [0.5, 0.6) is 5.75 Å². The summed E-state index contributed by atoms with van der Waals surface area (Å²) >= 11 is 5.71. The molecule has 5 heterocycles. The smallest absolute Gasteiger partial charge is 0.347 e. The fourth-order valence-electron chi connectivity index (χ4n) is 6.09. The van der Waals surface area contributed by atoms with E-state index in [1.165, 1.54) is 22.7 Å². The van der Waals surface area contributed by atoms with Crippen LogP contribution in [0.3, 0.4) is 0 Å². The highest BCUT2D eigenvalue weighted by Crippen LogP contribution is 2.34. The van der Waals surface area contributed by atoms with Crippen molar-refractivity contribution >= 4 is 121 Å². The Hall–Kier alpha value is -6.02. The van der Waals surface area contributed by atoms with Crippen molar-refractivity contribution in [3.05, 3.63) is 114 Å². The lowest BCUT2D eigenvalue weighted by molar-refractivity contribution is -0.131. The molecule has 51 heavy (non-hydrogen) atoms. The molecule has 0 aliphatic carbocycles. The number of nitrogens with zero attached hydrogens (tertiary/aromatic N) is 3. The minimum atomic E-state index is -1.23. The van der Waals surface area contributed by atoms with E-state index in [0.717, 1.165) is 72.2 Å². The van der Waals surface area contributed by atoms with Crippen LogP contribution in [-0.2, 0) is 9.59 Å². The zero-order chi connectivity index (χ0) is 35.4. The average molecular weight is 740 g/mol. The van der Waals surface area contributed by atoms with Crippen molar-refractivity contribution in [1.29, 1.82) is 10.5 Å². The van der Waals surface area contributed by atoms with Crippen molar-refractivity contribution in [1.82, 2.24) is 4.57 Å². The summed E-state index contributed by atoms with van der Waals surface area (Å²) in [4.78, 5) is 22.9. The second-order valence-corrected chi connectivity index (χ2v) is 15.8. The Morgan fingerprint density at radius 2 is 1.10 bits per heavy atom. The molecule has 3 aromatic carbocycles. The van der Waals surface area contributed by atoms with Gasteiger partial charge in [0, 0.05) is 44.3 Å². The Balaban J connectivity index is 1.27. The van der Waals surface area contributed by atoms with Gasteiger partial charge in [-0.15, -0.1) is 45.3 Å². The Morgan fingerprint density at radius 1 is 0.647 bits per heavy atom. The number of hydrogen-bond donors (Lipinski definition) is 2. The second kappa shape index (κ2) is 12.7. The number of nitriles is 2. The molecule has 0 aliphatic heterocycles. The van der Waals surface area contributed by atoms with E-state index in [1.54, 1.807) is 54.1 Å². The minimum Gasteiger partial charge on any atom is -0.497 e. The van der Waals surface area contributed by atoms with E-state index < -0.39 is 11.9 Å². The molecule has 2 N–H and O–H groups in total. The molecule has 0 unspecified atom stereocenters. The number of carbonyl (C=O) groups is 2. The number of aliphatic carboxylic acids is 2. The highest BCUT2D eigenvalue weighted by atomic mass is 32.1. The van der Waals surface area contributed by atoms with Gasteiger partial charge < -0.3 is 19.5 Å². The number of methoxy groups -OCH3 is 1. The molecule has 0 bridgehead atoms. The number of aromatic nitrogens is 1. The molecule has 8 rings (SSSR count). The third kappa shape index (κ3) is 5.76. The fraction of sp³-hybridized carbons (Fsp3) is 0.0256. The number of carboxylic acids is 2. The van der Waals surface area contributed by atoms with E-state index in [9.17, 15) is 30.3 Å². The fourth-order valence-corrected chi connectivity index (χ4v) is 10.8. The van der Waals surface area contributed by atoms with Gasteiger partial charge in [0.15, 0.2) is 11.1 Å². The third-order valence-electron chi connectivity index (χ3n) is 8.36. The molecule has 8 aromatic rings. The Bertz CT molecular complexity index is 2850. The number of benzene rings is 3. The number of carboxylic acid groups (broad SMARTS) is 2. The van der Waals surface area contributed by atoms with Crippen molar-refractivity contribution in [2.75, 3.05) is 7.11 Å². The molecule has 246 valence electrons. The lowest BCUT2D eigenvalue weighted by atomic mass is 10.1. The largest absolute Gasteiger partial charge is 0.497 e. The Kier molecular flexibility index (Phi) is 8.02. The standard InChI is InChI=1S/C39H21N3O5S4/c1-47-23-6-4-22(5-7-23)42-30-8-2-20(10-24-14-34-36(48-24)16-32(50-34)28(18-40)38(43)44)12-26(30)27-13-21(3-9-31(27)42)11-25-15-35-37(49-25)17-33(51-35)29(19-41)39(45)46/h2-17H,1H3,(H,43,44)(H,45,46)/b24-10+,25-11+,32-28-,33-29-. The van der Waals surface area contributed by atoms with Crippen molar-refractivity contribution < 1.29 is 24.5 Å². The quantitative estimate of drug-likeness (QED) is 0.198. The normalized spacial score (nSPS) is 13.5. The Morgan fingerprint density at radius 3 is 1.49 bits per heavy atom. The highest BCUT2D eigenvalue weighted by molar-refractivity contribution is 7.26. The van der Waals surface area contributed by atoms with E-state index in [4.69, 9.17) is 4.74 Å². The summed E-state index contributed by atoms with van der Waals surface area (Å²) in [6.07, 6.45) is 4.22. The lowest BCUT2D eigenvalue weighted by Crippen LogP contribution is -2.07. The van der Waals surface area contributed by atoms with Crippen LogP contribution in [0.15, 0.2) is 84.9 Å². The number of fused-ring (bicyclic) bond motifs is 5. The van der Waals surface area contributed by atoms with E-state index in [0.29, 0.717) is 9.06 Å². The maximum atomic E-state index is 11.5. The van der Waals surface area contributed by atoms with Crippen molar-refractivity contribution in [2.45, 2.75) is 0 Å². The molecule has 0 fully saturated rings. The van der Waals surface area contributed by atoms with Gasteiger partial charge in [0.2, 0.25) is 0 Å². The first kappa shape index (κ1) is 32.2. The topological polar surface area (TPSA) is 136 Å². The molecule has 0 radical (unpaired) electrons. The molecule has 12 heteroatoms. The van der Waals surface area contributed by atoms with Gasteiger partial charge in [-0.3, -0.25) is 0 Å². The highest BCUT2D eigenvalue weighted by Gasteiger charge is 2.15. The first-order valence-electron chi connectivity index (χ1n) is 15.2. The van der Waals surface area contributed by atoms with Crippen LogP contribution in [0, 0.1) is 22.7 Å². The monoisotopic (exact) mass is 739 g/mol. The van der Waals surface area contributed by atoms with Gasteiger partial charge in [-0.1, -0.05) is 12.1 Å². The van der Waals surface area contributed by atoms with Crippen LogP contribution in [0.4, 0.5) is 0 Å². The van der Waals surface area contributed by atoms with Crippen LogP contribution in [0.1, 0.15) is 11.1 Å². The van der Waals surface area contributed by atoms with E-state index in [2.05, 4.69) is 53.1 Å². The SMILES string of the molecule is COc1ccc(-n2c3ccc(/C=c4\cc5s/c(=C(/C#N)C(=O)O)cc5s4)cc3c3cc(/C=c4\cc5s/c(=C(/C#N)C(=O)O)cc5s4)ccc32)cc1. The van der Waals surface area contributed by atoms with Gasteiger partial charge in [-0.05, 0) is 96.1 Å². The molecule has 0 atom stereocenters. The maximum Gasteiger partial charge on any atom is 0.347 e. The number of ether oxygens (including phenoxy) is 1. The van der Waals surface area contributed by atoms with Gasteiger partial charge in [0.05, 0.1) is 27.2 Å².